The lowest BCUT2D eigenvalue weighted by molar-refractivity contribution is -0.116. The van der Waals surface area contributed by atoms with Crippen LogP contribution in [0.3, 0.4) is 0 Å². The molecule has 0 saturated carbocycles. The predicted octanol–water partition coefficient (Wildman–Crippen LogP) is 0.515. The van der Waals surface area contributed by atoms with Crippen molar-refractivity contribution in [2.45, 2.75) is 0 Å². The molecule has 0 fully saturated rings. The SMILES string of the molecule is CN(CC(=O)Nc1ncn[nH]1)C(=O)c1ccccc1. The van der Waals surface area contributed by atoms with Gasteiger partial charge < -0.3 is 4.90 Å². The maximum atomic E-state index is 12.0. The quantitative estimate of drug-likeness (QED) is 0.837. The Labute approximate surface area is 109 Å². The molecule has 2 aromatic rings. The van der Waals surface area contributed by atoms with Gasteiger partial charge in [-0.15, -0.1) is 0 Å². The van der Waals surface area contributed by atoms with Crippen LogP contribution in [0.2, 0.25) is 0 Å². The first-order valence-electron chi connectivity index (χ1n) is 5.62. The van der Waals surface area contributed by atoms with E-state index >= 15 is 0 Å². The number of nitrogens with one attached hydrogen (secondary N) is 2. The van der Waals surface area contributed by atoms with E-state index < -0.39 is 0 Å². The molecule has 0 unspecified atom stereocenters. The van der Waals surface area contributed by atoms with Crippen molar-refractivity contribution in [3.05, 3.63) is 42.2 Å². The summed E-state index contributed by atoms with van der Waals surface area (Å²) >= 11 is 0. The zero-order valence-corrected chi connectivity index (χ0v) is 10.3. The molecule has 0 radical (unpaired) electrons. The Balaban J connectivity index is 1.92. The van der Waals surface area contributed by atoms with Crippen LogP contribution in [0.25, 0.3) is 0 Å². The van der Waals surface area contributed by atoms with Gasteiger partial charge in [0.2, 0.25) is 11.9 Å². The fourth-order valence-corrected chi connectivity index (χ4v) is 1.53. The van der Waals surface area contributed by atoms with E-state index in [0.29, 0.717) is 5.56 Å². The van der Waals surface area contributed by atoms with Crippen LogP contribution in [0.1, 0.15) is 10.4 Å². The molecule has 98 valence electrons. The smallest absolute Gasteiger partial charge is 0.254 e. The number of amides is 2. The molecule has 1 aromatic heterocycles. The predicted molar refractivity (Wildman–Crippen MR) is 68.4 cm³/mol. The number of hydrogen-bond acceptors (Lipinski definition) is 4. The molecule has 0 bridgehead atoms. The van der Waals surface area contributed by atoms with Gasteiger partial charge in [-0.05, 0) is 12.1 Å². The van der Waals surface area contributed by atoms with Gasteiger partial charge >= 0.3 is 0 Å². The summed E-state index contributed by atoms with van der Waals surface area (Å²) in [6.07, 6.45) is 1.29. The second-order valence-electron chi connectivity index (χ2n) is 3.91. The lowest BCUT2D eigenvalue weighted by Gasteiger charge is -2.16. The Morgan fingerprint density at radius 3 is 2.68 bits per heavy atom. The van der Waals surface area contributed by atoms with E-state index in [1.54, 1.807) is 31.3 Å². The van der Waals surface area contributed by atoms with E-state index in [0.717, 1.165) is 0 Å². The van der Waals surface area contributed by atoms with Gasteiger partial charge in [0.1, 0.15) is 6.33 Å². The van der Waals surface area contributed by atoms with Gasteiger partial charge in [-0.2, -0.15) is 10.1 Å². The van der Waals surface area contributed by atoms with E-state index in [1.807, 2.05) is 6.07 Å². The maximum Gasteiger partial charge on any atom is 0.254 e. The summed E-state index contributed by atoms with van der Waals surface area (Å²) in [6, 6.07) is 8.78. The second-order valence-corrected chi connectivity index (χ2v) is 3.91. The first-order valence-corrected chi connectivity index (χ1v) is 5.62. The van der Waals surface area contributed by atoms with Crippen LogP contribution < -0.4 is 5.32 Å². The summed E-state index contributed by atoms with van der Waals surface area (Å²) in [5, 5.41) is 8.61. The molecule has 0 aliphatic heterocycles. The lowest BCUT2D eigenvalue weighted by atomic mass is 10.2. The number of likely N-dealkylation sites (N-methyl/N-ethyl adjacent to an activating group) is 1. The summed E-state index contributed by atoms with van der Waals surface area (Å²) in [4.78, 5) is 28.8. The molecular formula is C12H13N5O2. The van der Waals surface area contributed by atoms with Gasteiger partial charge in [-0.3, -0.25) is 14.9 Å². The molecular weight excluding hydrogens is 246 g/mol. The van der Waals surface area contributed by atoms with E-state index in [4.69, 9.17) is 0 Å². The van der Waals surface area contributed by atoms with Gasteiger partial charge in [0.05, 0.1) is 6.54 Å². The van der Waals surface area contributed by atoms with Crippen molar-refractivity contribution >= 4 is 17.8 Å². The molecule has 7 nitrogen and oxygen atoms in total. The summed E-state index contributed by atoms with van der Waals surface area (Å²) in [5.74, 6) is -0.303. The molecule has 0 aliphatic carbocycles. The van der Waals surface area contributed by atoms with Crippen molar-refractivity contribution in [1.82, 2.24) is 20.1 Å². The molecule has 1 heterocycles. The van der Waals surface area contributed by atoms with Gasteiger partial charge in [0.15, 0.2) is 0 Å². The molecule has 1 aromatic carbocycles. The lowest BCUT2D eigenvalue weighted by Crippen LogP contribution is -2.35. The van der Waals surface area contributed by atoms with Gasteiger partial charge in [0, 0.05) is 12.6 Å². The van der Waals surface area contributed by atoms with Crippen LogP contribution in [-0.4, -0.2) is 45.5 Å². The topological polar surface area (TPSA) is 91.0 Å². The molecule has 0 aliphatic rings. The van der Waals surface area contributed by atoms with Crippen LogP contribution in [0.5, 0.6) is 0 Å². The van der Waals surface area contributed by atoms with Crippen molar-refractivity contribution < 1.29 is 9.59 Å². The monoisotopic (exact) mass is 259 g/mol. The second kappa shape index (κ2) is 5.76. The zero-order valence-electron chi connectivity index (χ0n) is 10.3. The Morgan fingerprint density at radius 2 is 2.05 bits per heavy atom. The summed E-state index contributed by atoms with van der Waals surface area (Å²) in [6.45, 7) is -0.0611. The molecule has 2 amide bonds. The molecule has 7 heteroatoms. The number of nitrogens with zero attached hydrogens (tertiary/aromatic N) is 3. The molecule has 0 spiro atoms. The number of hydrogen-bond donors (Lipinski definition) is 2. The first-order chi connectivity index (χ1) is 9.16. The fraction of sp³-hybridized carbons (Fsp3) is 0.167. The van der Waals surface area contributed by atoms with Gasteiger partial charge in [-0.25, -0.2) is 5.10 Å². The minimum absolute atomic E-state index is 0.0611. The van der Waals surface area contributed by atoms with Crippen molar-refractivity contribution in [2.75, 3.05) is 18.9 Å². The largest absolute Gasteiger partial charge is 0.332 e. The highest BCUT2D eigenvalue weighted by Crippen LogP contribution is 2.03. The zero-order chi connectivity index (χ0) is 13.7. The van der Waals surface area contributed by atoms with E-state index in [9.17, 15) is 9.59 Å². The molecule has 2 rings (SSSR count). The van der Waals surface area contributed by atoms with E-state index in [-0.39, 0.29) is 24.3 Å². The highest BCUT2D eigenvalue weighted by molar-refractivity contribution is 5.98. The number of aromatic nitrogens is 3. The molecule has 19 heavy (non-hydrogen) atoms. The number of anilines is 1. The standard InChI is InChI=1S/C12H13N5O2/c1-17(11(19)9-5-3-2-4-6-9)7-10(18)15-12-13-8-14-16-12/h2-6,8H,7H2,1H3,(H2,13,14,15,16,18). The van der Waals surface area contributed by atoms with Crippen LogP contribution in [0.4, 0.5) is 5.95 Å². The molecule has 0 atom stereocenters. The highest BCUT2D eigenvalue weighted by Gasteiger charge is 2.15. The van der Waals surface area contributed by atoms with Crippen LogP contribution in [-0.2, 0) is 4.79 Å². The third-order valence-electron chi connectivity index (χ3n) is 2.42. The van der Waals surface area contributed by atoms with Crippen molar-refractivity contribution in [3.63, 3.8) is 0 Å². The Bertz CT molecular complexity index is 553. The fourth-order valence-electron chi connectivity index (χ4n) is 1.53. The van der Waals surface area contributed by atoms with Gasteiger partial charge in [0.25, 0.3) is 5.91 Å². The van der Waals surface area contributed by atoms with E-state index in [2.05, 4.69) is 20.5 Å². The number of benzene rings is 1. The van der Waals surface area contributed by atoms with Crippen molar-refractivity contribution in [2.24, 2.45) is 0 Å². The minimum atomic E-state index is -0.344. The minimum Gasteiger partial charge on any atom is -0.332 e. The number of aromatic amines is 1. The Hall–Kier alpha value is -2.70. The summed E-state index contributed by atoms with van der Waals surface area (Å²) in [5.41, 5.74) is 0.539. The van der Waals surface area contributed by atoms with Gasteiger partial charge in [-0.1, -0.05) is 18.2 Å². The Kier molecular flexibility index (Phi) is 3.87. The van der Waals surface area contributed by atoms with Crippen LogP contribution in [0, 0.1) is 0 Å². The first kappa shape index (κ1) is 12.7. The van der Waals surface area contributed by atoms with Crippen molar-refractivity contribution in [1.29, 1.82) is 0 Å². The third-order valence-corrected chi connectivity index (χ3v) is 2.42. The number of H-pyrrole nitrogens is 1. The maximum absolute atomic E-state index is 12.0. The van der Waals surface area contributed by atoms with Crippen LogP contribution >= 0.6 is 0 Å². The number of rotatable bonds is 4. The molecule has 2 N–H and O–H groups in total. The normalized spacial score (nSPS) is 9.95. The van der Waals surface area contributed by atoms with Crippen molar-refractivity contribution in [3.8, 4) is 0 Å². The average molecular weight is 259 g/mol. The Morgan fingerprint density at radius 1 is 1.32 bits per heavy atom. The highest BCUT2D eigenvalue weighted by atomic mass is 16.2. The van der Waals surface area contributed by atoms with E-state index in [1.165, 1.54) is 11.2 Å². The number of carbonyl (C=O) groups excluding carboxylic acids is 2. The average Bonchev–Trinajstić information content (AvgIpc) is 2.91. The summed E-state index contributed by atoms with van der Waals surface area (Å²) < 4.78 is 0. The molecule has 0 saturated heterocycles. The third kappa shape index (κ3) is 3.38. The van der Waals surface area contributed by atoms with Crippen LogP contribution in [0.15, 0.2) is 36.7 Å². The number of carbonyl (C=O) groups is 2. The summed E-state index contributed by atoms with van der Waals surface area (Å²) in [7, 11) is 1.56.